The van der Waals surface area contributed by atoms with Gasteiger partial charge in [0.2, 0.25) is 0 Å². The number of carbonyl (C=O) groups excluding carboxylic acids is 2. The summed E-state index contributed by atoms with van der Waals surface area (Å²) in [4.78, 5) is 23.4. The van der Waals surface area contributed by atoms with Gasteiger partial charge in [-0.1, -0.05) is 30.3 Å². The largest absolute Gasteiger partial charge is 0.496 e. The second-order valence-corrected chi connectivity index (χ2v) is 5.77. The lowest BCUT2D eigenvalue weighted by molar-refractivity contribution is -0.144. The SMILES string of the molecule is COc1ccc(C=O)cc1[C@@H](SC)C(=O)OCc1ccccc1. The summed E-state index contributed by atoms with van der Waals surface area (Å²) in [6.45, 7) is 0.215. The molecule has 0 aromatic heterocycles. The Morgan fingerprint density at radius 3 is 2.57 bits per heavy atom. The van der Waals surface area contributed by atoms with Gasteiger partial charge in [-0.15, -0.1) is 11.8 Å². The third-order valence-electron chi connectivity index (χ3n) is 3.35. The van der Waals surface area contributed by atoms with Crippen molar-refractivity contribution in [1.29, 1.82) is 0 Å². The van der Waals surface area contributed by atoms with E-state index in [9.17, 15) is 9.59 Å². The first kappa shape index (κ1) is 17.1. The van der Waals surface area contributed by atoms with Crippen molar-refractivity contribution in [1.82, 2.24) is 0 Å². The standard InChI is InChI=1S/C18H18O4S/c1-21-16-9-8-14(11-19)10-15(16)17(23-2)18(20)22-12-13-6-4-3-5-7-13/h3-11,17H,12H2,1-2H3/t17-/m1/s1. The number of thioether (sulfide) groups is 1. The van der Waals surface area contributed by atoms with Gasteiger partial charge in [0.25, 0.3) is 0 Å². The molecule has 2 rings (SSSR count). The fourth-order valence-corrected chi connectivity index (χ4v) is 2.88. The van der Waals surface area contributed by atoms with Crippen molar-refractivity contribution in [3.63, 3.8) is 0 Å². The van der Waals surface area contributed by atoms with Crippen LogP contribution in [0, 0.1) is 0 Å². The van der Waals surface area contributed by atoms with E-state index in [0.29, 0.717) is 16.9 Å². The van der Waals surface area contributed by atoms with E-state index in [2.05, 4.69) is 0 Å². The summed E-state index contributed by atoms with van der Waals surface area (Å²) in [6, 6.07) is 14.5. The number of benzene rings is 2. The van der Waals surface area contributed by atoms with Crippen LogP contribution < -0.4 is 4.74 Å². The van der Waals surface area contributed by atoms with Gasteiger partial charge in [-0.3, -0.25) is 9.59 Å². The molecule has 0 saturated heterocycles. The Morgan fingerprint density at radius 2 is 1.96 bits per heavy atom. The molecule has 0 unspecified atom stereocenters. The maximum absolute atomic E-state index is 12.4. The van der Waals surface area contributed by atoms with Gasteiger partial charge in [0.15, 0.2) is 0 Å². The zero-order chi connectivity index (χ0) is 16.7. The molecular weight excluding hydrogens is 312 g/mol. The molecule has 0 N–H and O–H groups in total. The van der Waals surface area contributed by atoms with Crippen LogP contribution in [-0.4, -0.2) is 25.6 Å². The molecular formula is C18H18O4S. The first-order chi connectivity index (χ1) is 11.2. The van der Waals surface area contributed by atoms with Crippen molar-refractivity contribution >= 4 is 24.0 Å². The summed E-state index contributed by atoms with van der Waals surface area (Å²) < 4.78 is 10.7. The Kier molecular flexibility index (Phi) is 6.23. The van der Waals surface area contributed by atoms with E-state index in [-0.39, 0.29) is 12.6 Å². The third kappa shape index (κ3) is 4.36. The first-order valence-corrected chi connectivity index (χ1v) is 8.35. The molecule has 0 radical (unpaired) electrons. The lowest BCUT2D eigenvalue weighted by Crippen LogP contribution is -2.14. The molecule has 0 aliphatic carbocycles. The second kappa shape index (κ2) is 8.39. The lowest BCUT2D eigenvalue weighted by Gasteiger charge is -2.17. The van der Waals surface area contributed by atoms with Crippen molar-refractivity contribution in [2.24, 2.45) is 0 Å². The van der Waals surface area contributed by atoms with E-state index >= 15 is 0 Å². The third-order valence-corrected chi connectivity index (χ3v) is 4.26. The first-order valence-electron chi connectivity index (χ1n) is 7.06. The minimum absolute atomic E-state index is 0.215. The predicted molar refractivity (Wildman–Crippen MR) is 90.9 cm³/mol. The van der Waals surface area contributed by atoms with Crippen LogP contribution in [0.3, 0.4) is 0 Å². The highest BCUT2D eigenvalue weighted by Gasteiger charge is 2.25. The lowest BCUT2D eigenvalue weighted by atomic mass is 10.1. The van der Waals surface area contributed by atoms with E-state index in [4.69, 9.17) is 9.47 Å². The topological polar surface area (TPSA) is 52.6 Å². The van der Waals surface area contributed by atoms with Gasteiger partial charge in [-0.2, -0.15) is 0 Å². The molecule has 4 nitrogen and oxygen atoms in total. The minimum Gasteiger partial charge on any atom is -0.496 e. The van der Waals surface area contributed by atoms with Crippen LogP contribution in [0.1, 0.15) is 26.7 Å². The number of esters is 1. The van der Waals surface area contributed by atoms with Crippen LogP contribution >= 0.6 is 11.8 Å². The number of carbonyl (C=O) groups is 2. The zero-order valence-corrected chi connectivity index (χ0v) is 13.8. The number of methoxy groups -OCH3 is 1. The number of ether oxygens (including phenoxy) is 2. The van der Waals surface area contributed by atoms with Gasteiger partial charge in [0.1, 0.15) is 23.9 Å². The molecule has 0 fully saturated rings. The minimum atomic E-state index is -0.548. The molecule has 0 saturated carbocycles. The molecule has 0 aliphatic rings. The number of hydrogen-bond donors (Lipinski definition) is 0. The quantitative estimate of drug-likeness (QED) is 0.573. The Balaban J connectivity index is 2.18. The summed E-state index contributed by atoms with van der Waals surface area (Å²) in [5.74, 6) is 0.203. The Bertz CT molecular complexity index is 670. The van der Waals surface area contributed by atoms with Gasteiger partial charge in [0, 0.05) is 11.1 Å². The van der Waals surface area contributed by atoms with Crippen LogP contribution in [0.5, 0.6) is 5.75 Å². The Hall–Kier alpha value is -2.27. The molecule has 23 heavy (non-hydrogen) atoms. The fourth-order valence-electron chi connectivity index (χ4n) is 2.19. The molecule has 120 valence electrons. The molecule has 0 spiro atoms. The van der Waals surface area contributed by atoms with Crippen molar-refractivity contribution in [3.05, 3.63) is 65.2 Å². The summed E-state index contributed by atoms with van der Waals surface area (Å²) in [5, 5.41) is -0.548. The number of rotatable bonds is 7. The Morgan fingerprint density at radius 1 is 1.22 bits per heavy atom. The van der Waals surface area contributed by atoms with Crippen molar-refractivity contribution < 1.29 is 19.1 Å². The number of hydrogen-bond acceptors (Lipinski definition) is 5. The van der Waals surface area contributed by atoms with Crippen LogP contribution in [0.15, 0.2) is 48.5 Å². The zero-order valence-electron chi connectivity index (χ0n) is 13.0. The van der Waals surface area contributed by atoms with Gasteiger partial charge < -0.3 is 9.47 Å². The van der Waals surface area contributed by atoms with E-state index in [0.717, 1.165) is 11.8 Å². The molecule has 1 atom stereocenters. The van der Waals surface area contributed by atoms with E-state index in [1.54, 1.807) is 18.2 Å². The molecule has 5 heteroatoms. The van der Waals surface area contributed by atoms with Crippen molar-refractivity contribution in [2.75, 3.05) is 13.4 Å². The van der Waals surface area contributed by atoms with Crippen LogP contribution in [0.4, 0.5) is 0 Å². The molecule has 2 aromatic carbocycles. The summed E-state index contributed by atoms with van der Waals surface area (Å²) in [7, 11) is 1.53. The van der Waals surface area contributed by atoms with Crippen molar-refractivity contribution in [2.45, 2.75) is 11.9 Å². The van der Waals surface area contributed by atoms with E-state index in [1.165, 1.54) is 18.9 Å². The van der Waals surface area contributed by atoms with Gasteiger partial charge in [-0.05, 0) is 30.0 Å². The summed E-state index contributed by atoms with van der Waals surface area (Å²) in [5.41, 5.74) is 2.06. The molecule has 2 aromatic rings. The van der Waals surface area contributed by atoms with E-state index in [1.807, 2.05) is 36.6 Å². The highest BCUT2D eigenvalue weighted by atomic mass is 32.2. The summed E-state index contributed by atoms with van der Waals surface area (Å²) in [6.07, 6.45) is 2.57. The average Bonchev–Trinajstić information content (AvgIpc) is 2.61. The molecule has 0 heterocycles. The predicted octanol–water partition coefficient (Wildman–Crippen LogP) is 3.66. The average molecular weight is 330 g/mol. The highest BCUT2D eigenvalue weighted by molar-refractivity contribution is 7.99. The molecule has 0 bridgehead atoms. The summed E-state index contributed by atoms with van der Waals surface area (Å²) >= 11 is 1.34. The van der Waals surface area contributed by atoms with Crippen LogP contribution in [0.25, 0.3) is 0 Å². The fraction of sp³-hybridized carbons (Fsp3) is 0.222. The van der Waals surface area contributed by atoms with E-state index < -0.39 is 5.25 Å². The van der Waals surface area contributed by atoms with Crippen LogP contribution in [0.2, 0.25) is 0 Å². The number of aldehydes is 1. The van der Waals surface area contributed by atoms with Crippen molar-refractivity contribution in [3.8, 4) is 5.75 Å². The van der Waals surface area contributed by atoms with Gasteiger partial charge >= 0.3 is 5.97 Å². The second-order valence-electron chi connectivity index (χ2n) is 4.83. The van der Waals surface area contributed by atoms with Crippen LogP contribution in [-0.2, 0) is 16.1 Å². The molecule has 0 amide bonds. The molecule has 0 aliphatic heterocycles. The monoisotopic (exact) mass is 330 g/mol. The highest BCUT2D eigenvalue weighted by Crippen LogP contribution is 2.35. The maximum atomic E-state index is 12.4. The maximum Gasteiger partial charge on any atom is 0.324 e. The van der Waals surface area contributed by atoms with Gasteiger partial charge in [-0.25, -0.2) is 0 Å². The normalized spacial score (nSPS) is 11.6. The Labute approximate surface area is 139 Å². The van der Waals surface area contributed by atoms with Gasteiger partial charge in [0.05, 0.1) is 7.11 Å². The smallest absolute Gasteiger partial charge is 0.324 e.